The molecule has 3 aromatic heterocycles. The maximum Gasteiger partial charge on any atom is 0.274 e. The van der Waals surface area contributed by atoms with Crippen LogP contribution in [-0.4, -0.2) is 61.7 Å². The minimum atomic E-state index is -0.389. The molecule has 4 aromatic rings. The van der Waals surface area contributed by atoms with Crippen LogP contribution in [0, 0.1) is 5.82 Å². The molecular weight excluding hydrogens is 415 g/mol. The fraction of sp³-hybridized carbons (Fsp3) is 0.273. The number of nitrogens with one attached hydrogen (secondary N) is 1. The minimum Gasteiger partial charge on any atom is -0.490 e. The number of imidazole rings is 1. The van der Waals surface area contributed by atoms with Gasteiger partial charge in [0.2, 0.25) is 5.78 Å². The highest BCUT2D eigenvalue weighted by Crippen LogP contribution is 2.23. The van der Waals surface area contributed by atoms with Gasteiger partial charge in [0, 0.05) is 37.3 Å². The summed E-state index contributed by atoms with van der Waals surface area (Å²) in [6.07, 6.45) is 5.30. The Labute approximate surface area is 182 Å². The van der Waals surface area contributed by atoms with Gasteiger partial charge in [0.1, 0.15) is 11.8 Å². The first-order valence-electron chi connectivity index (χ1n) is 10.3. The van der Waals surface area contributed by atoms with Crippen molar-refractivity contribution in [1.29, 1.82) is 0 Å². The third-order valence-corrected chi connectivity index (χ3v) is 5.25. The topological polar surface area (TPSA) is 97.6 Å². The molecule has 0 spiro atoms. The molecular formula is C22H21FN6O3. The number of hydrogen-bond acceptors (Lipinski definition) is 6. The van der Waals surface area contributed by atoms with E-state index in [2.05, 4.69) is 20.2 Å². The van der Waals surface area contributed by atoms with Crippen LogP contribution in [0.1, 0.15) is 28.0 Å². The van der Waals surface area contributed by atoms with Crippen LogP contribution in [0.2, 0.25) is 0 Å². The lowest BCUT2D eigenvalue weighted by atomic mass is 10.1. The molecule has 0 saturated carbocycles. The second-order valence-corrected chi connectivity index (χ2v) is 7.41. The van der Waals surface area contributed by atoms with E-state index >= 15 is 0 Å². The van der Waals surface area contributed by atoms with Gasteiger partial charge in [0.25, 0.3) is 5.91 Å². The third kappa shape index (κ3) is 4.17. The maximum atomic E-state index is 13.6. The number of nitrogens with zero attached hydrogens (tertiary/aromatic N) is 5. The maximum absolute atomic E-state index is 13.6. The number of rotatable bonds is 6. The highest BCUT2D eigenvalue weighted by molar-refractivity contribution is 5.92. The summed E-state index contributed by atoms with van der Waals surface area (Å²) < 4.78 is 26.7. The van der Waals surface area contributed by atoms with Gasteiger partial charge in [-0.2, -0.15) is 5.10 Å². The molecule has 4 heterocycles. The van der Waals surface area contributed by atoms with Crippen LogP contribution in [0.3, 0.4) is 0 Å². The summed E-state index contributed by atoms with van der Waals surface area (Å²) in [6.45, 7) is 1.56. The number of carbonyl (C=O) groups excluding carboxylic acids is 1. The van der Waals surface area contributed by atoms with Gasteiger partial charge in [-0.1, -0.05) is 12.1 Å². The van der Waals surface area contributed by atoms with E-state index in [9.17, 15) is 9.18 Å². The molecule has 9 nitrogen and oxygen atoms in total. The van der Waals surface area contributed by atoms with Gasteiger partial charge in [-0.05, 0) is 24.3 Å². The van der Waals surface area contributed by atoms with Crippen molar-refractivity contribution in [1.82, 2.24) is 29.5 Å². The molecule has 1 fully saturated rings. The summed E-state index contributed by atoms with van der Waals surface area (Å²) in [6, 6.07) is 9.97. The Morgan fingerprint density at radius 3 is 3.09 bits per heavy atom. The standard InChI is InChI=1S/C22H21FN6O3/c23-16-4-1-2-5-19(16)31-10-6-15-12-17(27-26-15)20-14-28(9-11-32-20)21(30)18-13-29-8-3-7-24-22(29)25-18/h1-5,7-8,12-13,20H,6,9-11,14H2,(H,26,27)/t20-/m0/s1. The van der Waals surface area contributed by atoms with E-state index in [-0.39, 0.29) is 23.6 Å². The molecule has 0 bridgehead atoms. The average molecular weight is 436 g/mol. The predicted octanol–water partition coefficient (Wildman–Crippen LogP) is 2.43. The predicted molar refractivity (Wildman–Crippen MR) is 112 cm³/mol. The lowest BCUT2D eigenvalue weighted by molar-refractivity contribution is -0.0249. The molecule has 1 amide bonds. The third-order valence-electron chi connectivity index (χ3n) is 5.25. The van der Waals surface area contributed by atoms with Crippen molar-refractivity contribution >= 4 is 11.7 Å². The number of halogens is 1. The number of hydrogen-bond donors (Lipinski definition) is 1. The van der Waals surface area contributed by atoms with Crippen LogP contribution in [0.15, 0.2) is 55.0 Å². The molecule has 1 aliphatic rings. The summed E-state index contributed by atoms with van der Waals surface area (Å²) >= 11 is 0. The molecule has 1 aromatic carbocycles. The Morgan fingerprint density at radius 2 is 2.22 bits per heavy atom. The lowest BCUT2D eigenvalue weighted by Gasteiger charge is -2.31. The Kier molecular flexibility index (Phi) is 5.51. The largest absolute Gasteiger partial charge is 0.490 e. The Bertz CT molecular complexity index is 1210. The van der Waals surface area contributed by atoms with E-state index in [1.807, 2.05) is 6.07 Å². The van der Waals surface area contributed by atoms with Gasteiger partial charge in [-0.25, -0.2) is 14.4 Å². The molecule has 1 atom stereocenters. The zero-order chi connectivity index (χ0) is 21.9. The number of H-pyrrole nitrogens is 1. The number of morpholine rings is 1. The number of aromatic nitrogens is 5. The molecule has 1 aliphatic heterocycles. The van der Waals surface area contributed by atoms with Crippen LogP contribution in [0.4, 0.5) is 4.39 Å². The minimum absolute atomic E-state index is 0.169. The second kappa shape index (κ2) is 8.75. The van der Waals surface area contributed by atoms with Crippen LogP contribution >= 0.6 is 0 Å². The van der Waals surface area contributed by atoms with Gasteiger partial charge >= 0.3 is 0 Å². The quantitative estimate of drug-likeness (QED) is 0.499. The van der Waals surface area contributed by atoms with Crippen molar-refractivity contribution in [3.63, 3.8) is 0 Å². The Morgan fingerprint density at radius 1 is 1.31 bits per heavy atom. The van der Waals surface area contributed by atoms with Crippen molar-refractivity contribution in [2.45, 2.75) is 12.5 Å². The molecule has 5 rings (SSSR count). The number of aromatic amines is 1. The van der Waals surface area contributed by atoms with Gasteiger partial charge in [-0.15, -0.1) is 0 Å². The highest BCUT2D eigenvalue weighted by atomic mass is 19.1. The fourth-order valence-corrected chi connectivity index (χ4v) is 3.61. The van der Waals surface area contributed by atoms with E-state index in [4.69, 9.17) is 9.47 Å². The average Bonchev–Trinajstić information content (AvgIpc) is 3.47. The van der Waals surface area contributed by atoms with Gasteiger partial charge < -0.3 is 14.4 Å². The number of para-hydroxylation sites is 1. The fourth-order valence-electron chi connectivity index (χ4n) is 3.61. The van der Waals surface area contributed by atoms with Crippen LogP contribution in [0.25, 0.3) is 5.78 Å². The zero-order valence-corrected chi connectivity index (χ0v) is 17.1. The van der Waals surface area contributed by atoms with E-state index in [1.165, 1.54) is 6.07 Å². The lowest BCUT2D eigenvalue weighted by Crippen LogP contribution is -2.42. The smallest absolute Gasteiger partial charge is 0.274 e. The first-order valence-corrected chi connectivity index (χ1v) is 10.3. The van der Waals surface area contributed by atoms with Crippen LogP contribution in [-0.2, 0) is 11.2 Å². The molecule has 32 heavy (non-hydrogen) atoms. The summed E-state index contributed by atoms with van der Waals surface area (Å²) in [5.74, 6) is 0.145. The first-order chi connectivity index (χ1) is 15.7. The van der Waals surface area contributed by atoms with Crippen molar-refractivity contribution in [2.75, 3.05) is 26.3 Å². The van der Waals surface area contributed by atoms with Crippen molar-refractivity contribution in [2.24, 2.45) is 0 Å². The van der Waals surface area contributed by atoms with Crippen LogP contribution in [0.5, 0.6) is 5.75 Å². The number of ether oxygens (including phenoxy) is 2. The molecule has 0 radical (unpaired) electrons. The van der Waals surface area contributed by atoms with E-state index in [1.54, 1.807) is 52.2 Å². The van der Waals surface area contributed by atoms with E-state index in [0.29, 0.717) is 49.9 Å². The molecule has 1 saturated heterocycles. The molecule has 10 heteroatoms. The van der Waals surface area contributed by atoms with Gasteiger partial charge in [0.15, 0.2) is 11.6 Å². The number of benzene rings is 1. The Balaban J connectivity index is 1.20. The first kappa shape index (κ1) is 20.1. The SMILES string of the molecule is O=C(c1cn2cccnc2n1)N1CCO[C@H](c2cc(CCOc3ccccc3F)[nH]n2)C1. The monoisotopic (exact) mass is 436 g/mol. The highest BCUT2D eigenvalue weighted by Gasteiger charge is 2.29. The summed E-state index contributed by atoms with van der Waals surface area (Å²) in [5, 5.41) is 7.30. The summed E-state index contributed by atoms with van der Waals surface area (Å²) in [7, 11) is 0. The van der Waals surface area contributed by atoms with Crippen molar-refractivity contribution in [3.05, 3.63) is 77.9 Å². The Hall–Kier alpha value is -3.79. The normalized spacial score (nSPS) is 16.4. The molecule has 164 valence electrons. The van der Waals surface area contributed by atoms with E-state index in [0.717, 1.165) is 5.69 Å². The van der Waals surface area contributed by atoms with Crippen LogP contribution < -0.4 is 4.74 Å². The summed E-state index contributed by atoms with van der Waals surface area (Å²) in [4.78, 5) is 23.1. The number of amides is 1. The molecule has 1 N–H and O–H groups in total. The van der Waals surface area contributed by atoms with Crippen molar-refractivity contribution < 1.29 is 18.7 Å². The van der Waals surface area contributed by atoms with E-state index < -0.39 is 0 Å². The van der Waals surface area contributed by atoms with Gasteiger partial charge in [0.05, 0.1) is 25.5 Å². The molecule has 0 unspecified atom stereocenters. The van der Waals surface area contributed by atoms with Gasteiger partial charge in [-0.3, -0.25) is 14.3 Å². The zero-order valence-electron chi connectivity index (χ0n) is 17.1. The number of carbonyl (C=O) groups is 1. The van der Waals surface area contributed by atoms with Crippen molar-refractivity contribution in [3.8, 4) is 5.75 Å². The number of fused-ring (bicyclic) bond motifs is 1. The second-order valence-electron chi connectivity index (χ2n) is 7.41. The summed E-state index contributed by atoms with van der Waals surface area (Å²) in [5.41, 5.74) is 1.90. The molecule has 0 aliphatic carbocycles.